The van der Waals surface area contributed by atoms with Crippen LogP contribution in [0.5, 0.6) is 0 Å². The van der Waals surface area contributed by atoms with E-state index in [-0.39, 0.29) is 5.91 Å². The highest BCUT2D eigenvalue weighted by Gasteiger charge is 2.41. The molecule has 2 saturated heterocycles. The van der Waals surface area contributed by atoms with Crippen LogP contribution < -0.4 is 0 Å². The number of hydrogen-bond acceptors (Lipinski definition) is 2. The molecule has 1 aromatic rings. The van der Waals surface area contributed by atoms with Crippen LogP contribution in [0.25, 0.3) is 0 Å². The third kappa shape index (κ3) is 3.05. The van der Waals surface area contributed by atoms with E-state index < -0.39 is 0 Å². The number of nitrogens with zero attached hydrogens (tertiary/aromatic N) is 2. The molecule has 22 heavy (non-hydrogen) atoms. The van der Waals surface area contributed by atoms with Crippen molar-refractivity contribution in [2.75, 3.05) is 13.6 Å². The van der Waals surface area contributed by atoms with Crippen LogP contribution in [0.2, 0.25) is 0 Å². The van der Waals surface area contributed by atoms with Crippen molar-refractivity contribution < 1.29 is 4.79 Å². The number of rotatable bonds is 5. The lowest BCUT2D eigenvalue weighted by molar-refractivity contribution is 0.0480. The highest BCUT2D eigenvalue weighted by Crippen LogP contribution is 2.36. The number of benzene rings is 1. The highest BCUT2D eigenvalue weighted by molar-refractivity contribution is 5.94. The Morgan fingerprint density at radius 3 is 2.41 bits per heavy atom. The van der Waals surface area contributed by atoms with Gasteiger partial charge in [-0.15, -0.1) is 0 Å². The van der Waals surface area contributed by atoms with Gasteiger partial charge in [0.15, 0.2) is 0 Å². The zero-order valence-corrected chi connectivity index (χ0v) is 13.9. The van der Waals surface area contributed by atoms with Gasteiger partial charge in [-0.25, -0.2) is 0 Å². The summed E-state index contributed by atoms with van der Waals surface area (Å²) in [5.41, 5.74) is 0.838. The van der Waals surface area contributed by atoms with E-state index in [1.54, 1.807) is 0 Å². The molecule has 3 heteroatoms. The number of unbranched alkanes of at least 4 members (excludes halogenated alkanes) is 1. The van der Waals surface area contributed by atoms with Gasteiger partial charge in [0.25, 0.3) is 5.91 Å². The Bertz CT molecular complexity index is 487. The summed E-state index contributed by atoms with van der Waals surface area (Å²) in [6.45, 7) is 3.10. The summed E-state index contributed by atoms with van der Waals surface area (Å²) < 4.78 is 0. The number of piperidine rings is 1. The van der Waals surface area contributed by atoms with Gasteiger partial charge in [0.05, 0.1) is 0 Å². The molecular formula is C19H28N2O. The molecule has 1 amide bonds. The molecule has 0 saturated carbocycles. The molecule has 0 unspecified atom stereocenters. The molecule has 3 nitrogen and oxygen atoms in total. The molecule has 120 valence electrons. The van der Waals surface area contributed by atoms with Crippen molar-refractivity contribution in [3.8, 4) is 0 Å². The molecule has 0 N–H and O–H groups in total. The van der Waals surface area contributed by atoms with E-state index in [0.29, 0.717) is 18.1 Å². The first-order valence-corrected chi connectivity index (χ1v) is 8.78. The Hall–Kier alpha value is -1.35. The van der Waals surface area contributed by atoms with E-state index in [4.69, 9.17) is 0 Å². The SMILES string of the molecule is CCCCN(C(=O)c1ccccc1)C1C[C@H]2CC[C@H](C1)N2C. The summed E-state index contributed by atoms with van der Waals surface area (Å²) in [6.07, 6.45) is 7.14. The first kappa shape index (κ1) is 15.5. The predicted octanol–water partition coefficient (Wildman–Crippen LogP) is 3.55. The van der Waals surface area contributed by atoms with Crippen molar-refractivity contribution in [1.82, 2.24) is 9.80 Å². The zero-order valence-electron chi connectivity index (χ0n) is 13.9. The van der Waals surface area contributed by atoms with Crippen LogP contribution in [0.4, 0.5) is 0 Å². The average molecular weight is 300 g/mol. The van der Waals surface area contributed by atoms with Crippen molar-refractivity contribution in [2.45, 2.75) is 63.6 Å². The Labute approximate surface area is 134 Å². The first-order valence-electron chi connectivity index (χ1n) is 8.78. The lowest BCUT2D eigenvalue weighted by Crippen LogP contribution is -2.51. The second kappa shape index (κ2) is 6.82. The van der Waals surface area contributed by atoms with Crippen molar-refractivity contribution in [3.63, 3.8) is 0 Å². The van der Waals surface area contributed by atoms with Crippen LogP contribution in [-0.4, -0.2) is 47.4 Å². The molecule has 0 aromatic heterocycles. The Kier molecular flexibility index (Phi) is 4.82. The predicted molar refractivity (Wildman–Crippen MR) is 90.0 cm³/mol. The molecule has 0 aliphatic carbocycles. The van der Waals surface area contributed by atoms with Crippen LogP contribution in [0, 0.1) is 0 Å². The molecule has 2 atom stereocenters. The van der Waals surface area contributed by atoms with E-state index in [0.717, 1.165) is 37.8 Å². The van der Waals surface area contributed by atoms with Crippen LogP contribution in [0.3, 0.4) is 0 Å². The lowest BCUT2D eigenvalue weighted by Gasteiger charge is -2.42. The largest absolute Gasteiger partial charge is 0.336 e. The van der Waals surface area contributed by atoms with Gasteiger partial charge < -0.3 is 9.80 Å². The van der Waals surface area contributed by atoms with E-state index in [2.05, 4.69) is 23.8 Å². The van der Waals surface area contributed by atoms with Gasteiger partial charge in [0, 0.05) is 30.2 Å². The Morgan fingerprint density at radius 2 is 1.82 bits per heavy atom. The zero-order chi connectivity index (χ0) is 15.5. The summed E-state index contributed by atoms with van der Waals surface area (Å²) in [4.78, 5) is 17.7. The van der Waals surface area contributed by atoms with Crippen molar-refractivity contribution in [2.24, 2.45) is 0 Å². The summed E-state index contributed by atoms with van der Waals surface area (Å²) in [5, 5.41) is 0. The summed E-state index contributed by atoms with van der Waals surface area (Å²) in [7, 11) is 2.26. The molecular weight excluding hydrogens is 272 g/mol. The van der Waals surface area contributed by atoms with Crippen LogP contribution in [-0.2, 0) is 0 Å². The van der Waals surface area contributed by atoms with E-state index in [1.165, 1.54) is 12.8 Å². The van der Waals surface area contributed by atoms with Gasteiger partial charge in [-0.3, -0.25) is 4.79 Å². The van der Waals surface area contributed by atoms with Crippen molar-refractivity contribution >= 4 is 5.91 Å². The average Bonchev–Trinajstić information content (AvgIpc) is 2.77. The maximum atomic E-state index is 13.0. The fourth-order valence-corrected chi connectivity index (χ4v) is 4.16. The minimum atomic E-state index is 0.225. The summed E-state index contributed by atoms with van der Waals surface area (Å²) >= 11 is 0. The standard InChI is InChI=1S/C19H28N2O/c1-3-4-12-21(19(22)15-8-6-5-7-9-15)18-13-16-10-11-17(14-18)20(16)2/h5-9,16-18H,3-4,10-14H2,1-2H3/t16-,17-/m1/s1. The second-order valence-electron chi connectivity index (χ2n) is 6.89. The Balaban J connectivity index is 1.77. The van der Waals surface area contributed by atoms with Gasteiger partial charge in [-0.1, -0.05) is 31.5 Å². The van der Waals surface area contributed by atoms with Crippen LogP contribution in [0.1, 0.15) is 55.8 Å². The number of fused-ring (bicyclic) bond motifs is 2. The third-order valence-corrected chi connectivity index (χ3v) is 5.55. The molecule has 2 bridgehead atoms. The molecule has 0 radical (unpaired) electrons. The smallest absolute Gasteiger partial charge is 0.254 e. The van der Waals surface area contributed by atoms with E-state index >= 15 is 0 Å². The maximum absolute atomic E-state index is 13.0. The number of carbonyl (C=O) groups is 1. The minimum absolute atomic E-state index is 0.225. The van der Waals surface area contributed by atoms with Crippen molar-refractivity contribution in [3.05, 3.63) is 35.9 Å². The van der Waals surface area contributed by atoms with Gasteiger partial charge in [0.2, 0.25) is 0 Å². The first-order chi connectivity index (χ1) is 10.7. The quantitative estimate of drug-likeness (QED) is 0.830. The van der Waals surface area contributed by atoms with Gasteiger partial charge in [0.1, 0.15) is 0 Å². The molecule has 2 fully saturated rings. The van der Waals surface area contributed by atoms with Gasteiger partial charge in [-0.05, 0) is 51.3 Å². The second-order valence-corrected chi connectivity index (χ2v) is 6.89. The fraction of sp³-hybridized carbons (Fsp3) is 0.632. The summed E-state index contributed by atoms with van der Waals surface area (Å²) in [5.74, 6) is 0.225. The molecule has 2 aliphatic rings. The molecule has 2 heterocycles. The number of carbonyl (C=O) groups excluding carboxylic acids is 1. The maximum Gasteiger partial charge on any atom is 0.254 e. The monoisotopic (exact) mass is 300 g/mol. The van der Waals surface area contributed by atoms with Crippen LogP contribution >= 0.6 is 0 Å². The lowest BCUT2D eigenvalue weighted by atomic mass is 9.95. The minimum Gasteiger partial charge on any atom is -0.336 e. The normalized spacial score (nSPS) is 27.8. The fourth-order valence-electron chi connectivity index (χ4n) is 4.16. The number of amides is 1. The van der Waals surface area contributed by atoms with Gasteiger partial charge >= 0.3 is 0 Å². The Morgan fingerprint density at radius 1 is 1.18 bits per heavy atom. The number of hydrogen-bond donors (Lipinski definition) is 0. The molecule has 3 rings (SSSR count). The molecule has 1 aromatic carbocycles. The van der Waals surface area contributed by atoms with Crippen molar-refractivity contribution in [1.29, 1.82) is 0 Å². The van der Waals surface area contributed by atoms with E-state index in [1.807, 2.05) is 30.3 Å². The molecule has 0 spiro atoms. The highest BCUT2D eigenvalue weighted by atomic mass is 16.2. The van der Waals surface area contributed by atoms with E-state index in [9.17, 15) is 4.79 Å². The topological polar surface area (TPSA) is 23.6 Å². The van der Waals surface area contributed by atoms with Crippen LogP contribution in [0.15, 0.2) is 30.3 Å². The summed E-state index contributed by atoms with van der Waals surface area (Å²) in [6, 6.07) is 11.6. The third-order valence-electron chi connectivity index (χ3n) is 5.55. The molecule has 2 aliphatic heterocycles. The van der Waals surface area contributed by atoms with Gasteiger partial charge in [-0.2, -0.15) is 0 Å².